The predicted octanol–water partition coefficient (Wildman–Crippen LogP) is 2.60. The highest BCUT2D eigenvalue weighted by Crippen LogP contribution is 2.27. The first kappa shape index (κ1) is 11.0. The quantitative estimate of drug-likeness (QED) is 0.750. The van der Waals surface area contributed by atoms with Crippen molar-refractivity contribution in [3.05, 3.63) is 41.9 Å². The molecule has 4 nitrogen and oxygen atoms in total. The van der Waals surface area contributed by atoms with Crippen LogP contribution in [-0.2, 0) is 13.6 Å². The van der Waals surface area contributed by atoms with E-state index in [0.29, 0.717) is 6.54 Å². The highest BCUT2D eigenvalue weighted by atomic mass is 16.3. The minimum Gasteiger partial charge on any atom is -0.469 e. The molecular formula is C14H15N3O. The highest BCUT2D eigenvalue weighted by Gasteiger charge is 2.13. The van der Waals surface area contributed by atoms with E-state index in [4.69, 9.17) is 10.2 Å². The molecule has 0 aliphatic carbocycles. The number of fused-ring (bicyclic) bond motifs is 1. The molecule has 92 valence electrons. The molecule has 3 rings (SSSR count). The lowest BCUT2D eigenvalue weighted by Crippen LogP contribution is -1.97. The lowest BCUT2D eigenvalue weighted by atomic mass is 10.2. The van der Waals surface area contributed by atoms with Gasteiger partial charge in [0, 0.05) is 13.6 Å². The average Bonchev–Trinajstić information content (AvgIpc) is 2.93. The Labute approximate surface area is 105 Å². The molecule has 2 heterocycles. The van der Waals surface area contributed by atoms with E-state index in [2.05, 4.69) is 15.6 Å². The van der Waals surface area contributed by atoms with Crippen LogP contribution in [0.3, 0.4) is 0 Å². The maximum atomic E-state index is 5.67. The highest BCUT2D eigenvalue weighted by molar-refractivity contribution is 5.81. The molecule has 2 aromatic heterocycles. The van der Waals surface area contributed by atoms with Crippen molar-refractivity contribution < 1.29 is 4.42 Å². The Kier molecular flexibility index (Phi) is 2.45. The van der Waals surface area contributed by atoms with Crippen LogP contribution in [0.2, 0.25) is 0 Å². The van der Waals surface area contributed by atoms with Crippen LogP contribution in [-0.4, -0.2) is 9.55 Å². The number of nitrogens with two attached hydrogens (primary N) is 1. The van der Waals surface area contributed by atoms with Gasteiger partial charge in [-0.1, -0.05) is 6.07 Å². The van der Waals surface area contributed by atoms with Crippen molar-refractivity contribution >= 4 is 11.0 Å². The van der Waals surface area contributed by atoms with E-state index >= 15 is 0 Å². The summed E-state index contributed by atoms with van der Waals surface area (Å²) in [6.07, 6.45) is 1.69. The third-order valence-electron chi connectivity index (χ3n) is 3.28. The zero-order valence-electron chi connectivity index (χ0n) is 10.5. The summed E-state index contributed by atoms with van der Waals surface area (Å²) in [5, 5.41) is 0. The fourth-order valence-electron chi connectivity index (χ4n) is 2.22. The van der Waals surface area contributed by atoms with Crippen molar-refractivity contribution in [2.75, 3.05) is 0 Å². The van der Waals surface area contributed by atoms with Gasteiger partial charge in [0.2, 0.25) is 0 Å². The number of hydrogen-bond acceptors (Lipinski definition) is 3. The third-order valence-corrected chi connectivity index (χ3v) is 3.28. The lowest BCUT2D eigenvalue weighted by Gasteiger charge is -2.01. The maximum absolute atomic E-state index is 5.67. The monoisotopic (exact) mass is 241 g/mol. The van der Waals surface area contributed by atoms with E-state index in [1.165, 1.54) is 0 Å². The first-order valence-corrected chi connectivity index (χ1v) is 5.90. The fraction of sp³-hybridized carbons (Fsp3) is 0.214. The largest absolute Gasteiger partial charge is 0.469 e. The Morgan fingerprint density at radius 3 is 2.83 bits per heavy atom. The van der Waals surface area contributed by atoms with Crippen LogP contribution < -0.4 is 5.73 Å². The van der Waals surface area contributed by atoms with E-state index in [-0.39, 0.29) is 0 Å². The minimum absolute atomic E-state index is 0.543. The van der Waals surface area contributed by atoms with E-state index in [9.17, 15) is 0 Å². The van der Waals surface area contributed by atoms with E-state index in [1.807, 2.05) is 32.2 Å². The Bertz CT molecular complexity index is 709. The summed E-state index contributed by atoms with van der Waals surface area (Å²) in [5.41, 5.74) is 9.88. The Hall–Kier alpha value is -2.07. The van der Waals surface area contributed by atoms with E-state index in [0.717, 1.165) is 33.7 Å². The molecule has 0 atom stereocenters. The van der Waals surface area contributed by atoms with Gasteiger partial charge in [0.1, 0.15) is 11.6 Å². The van der Waals surface area contributed by atoms with Crippen molar-refractivity contribution in [3.8, 4) is 11.4 Å². The molecule has 0 unspecified atom stereocenters. The topological polar surface area (TPSA) is 57.0 Å². The number of furan rings is 1. The summed E-state index contributed by atoms with van der Waals surface area (Å²) in [7, 11) is 2.01. The van der Waals surface area contributed by atoms with Gasteiger partial charge in [-0.25, -0.2) is 4.98 Å². The van der Waals surface area contributed by atoms with Crippen molar-refractivity contribution in [2.45, 2.75) is 13.5 Å². The van der Waals surface area contributed by atoms with Gasteiger partial charge in [-0.3, -0.25) is 0 Å². The number of rotatable bonds is 2. The number of hydrogen-bond donors (Lipinski definition) is 1. The Morgan fingerprint density at radius 2 is 2.17 bits per heavy atom. The van der Waals surface area contributed by atoms with Crippen LogP contribution in [0.5, 0.6) is 0 Å². The number of aromatic nitrogens is 2. The van der Waals surface area contributed by atoms with Crippen LogP contribution in [0.25, 0.3) is 22.4 Å². The van der Waals surface area contributed by atoms with Crippen molar-refractivity contribution in [1.82, 2.24) is 9.55 Å². The summed E-state index contributed by atoms with van der Waals surface area (Å²) < 4.78 is 7.42. The second kappa shape index (κ2) is 3.99. The van der Waals surface area contributed by atoms with Crippen LogP contribution in [0, 0.1) is 6.92 Å². The molecule has 0 bridgehead atoms. The van der Waals surface area contributed by atoms with Gasteiger partial charge in [-0.05, 0) is 30.7 Å². The molecule has 0 spiro atoms. The molecule has 0 aliphatic rings. The first-order chi connectivity index (χ1) is 8.70. The molecule has 0 saturated heterocycles. The molecule has 4 heteroatoms. The van der Waals surface area contributed by atoms with Crippen molar-refractivity contribution in [1.29, 1.82) is 0 Å². The zero-order chi connectivity index (χ0) is 12.7. The summed E-state index contributed by atoms with van der Waals surface area (Å²) in [5.74, 6) is 1.80. The minimum atomic E-state index is 0.543. The molecule has 3 aromatic rings. The second-order valence-corrected chi connectivity index (χ2v) is 4.41. The molecule has 0 fully saturated rings. The van der Waals surface area contributed by atoms with Crippen molar-refractivity contribution in [3.63, 3.8) is 0 Å². The normalized spacial score (nSPS) is 11.3. The summed E-state index contributed by atoms with van der Waals surface area (Å²) in [6, 6.07) is 8.05. The van der Waals surface area contributed by atoms with Gasteiger partial charge < -0.3 is 14.7 Å². The molecule has 18 heavy (non-hydrogen) atoms. The van der Waals surface area contributed by atoms with Gasteiger partial charge in [0.05, 0.1) is 22.9 Å². The molecule has 0 aliphatic heterocycles. The number of aryl methyl sites for hydroxylation is 2. The standard InChI is InChI=1S/C14H15N3O/c1-9-11(5-6-18-9)14-16-12-4-3-10(8-15)7-13(12)17(14)2/h3-7H,8,15H2,1-2H3. The van der Waals surface area contributed by atoms with Gasteiger partial charge >= 0.3 is 0 Å². The Balaban J connectivity index is 2.26. The van der Waals surface area contributed by atoms with Crippen LogP contribution in [0.15, 0.2) is 34.9 Å². The third kappa shape index (κ3) is 1.54. The van der Waals surface area contributed by atoms with Gasteiger partial charge in [0.25, 0.3) is 0 Å². The molecule has 0 radical (unpaired) electrons. The zero-order valence-corrected chi connectivity index (χ0v) is 10.5. The molecule has 1 aromatic carbocycles. The van der Waals surface area contributed by atoms with E-state index < -0.39 is 0 Å². The molecule has 2 N–H and O–H groups in total. The van der Waals surface area contributed by atoms with Gasteiger partial charge in [0.15, 0.2) is 0 Å². The van der Waals surface area contributed by atoms with Crippen molar-refractivity contribution in [2.24, 2.45) is 12.8 Å². The fourth-order valence-corrected chi connectivity index (χ4v) is 2.22. The van der Waals surface area contributed by atoms with Crippen LogP contribution in [0.4, 0.5) is 0 Å². The molecular weight excluding hydrogens is 226 g/mol. The summed E-state index contributed by atoms with van der Waals surface area (Å²) in [6.45, 7) is 2.49. The Morgan fingerprint density at radius 1 is 1.33 bits per heavy atom. The average molecular weight is 241 g/mol. The van der Waals surface area contributed by atoms with E-state index in [1.54, 1.807) is 6.26 Å². The summed E-state index contributed by atoms with van der Waals surface area (Å²) >= 11 is 0. The van der Waals surface area contributed by atoms with Crippen LogP contribution in [0.1, 0.15) is 11.3 Å². The number of benzene rings is 1. The van der Waals surface area contributed by atoms with Crippen LogP contribution >= 0.6 is 0 Å². The van der Waals surface area contributed by atoms with Gasteiger partial charge in [-0.2, -0.15) is 0 Å². The predicted molar refractivity (Wildman–Crippen MR) is 71.0 cm³/mol. The summed E-state index contributed by atoms with van der Waals surface area (Å²) in [4.78, 5) is 4.65. The number of nitrogens with zero attached hydrogens (tertiary/aromatic N) is 2. The molecule has 0 saturated carbocycles. The molecule has 0 amide bonds. The second-order valence-electron chi connectivity index (χ2n) is 4.41. The lowest BCUT2D eigenvalue weighted by molar-refractivity contribution is 0.535. The smallest absolute Gasteiger partial charge is 0.144 e. The maximum Gasteiger partial charge on any atom is 0.144 e. The number of imidazole rings is 1. The SMILES string of the molecule is Cc1occc1-c1nc2ccc(CN)cc2n1C. The van der Waals surface area contributed by atoms with Gasteiger partial charge in [-0.15, -0.1) is 0 Å². The first-order valence-electron chi connectivity index (χ1n) is 5.90.